The Morgan fingerprint density at radius 2 is 1.09 bits per heavy atom. The van der Waals surface area contributed by atoms with Crippen molar-refractivity contribution in [3.8, 4) is 0 Å². The molecular weight excluding hydrogens is 546 g/mol. The van der Waals surface area contributed by atoms with Gasteiger partial charge in [-0.2, -0.15) is 0 Å². The topological polar surface area (TPSA) is 0 Å². The molecule has 0 saturated carbocycles. The van der Waals surface area contributed by atoms with E-state index in [1.54, 1.807) is 0 Å². The first-order valence-electron chi connectivity index (χ1n) is 13.9. The average Bonchev–Trinajstić information content (AvgIpc) is 3.44. The maximum atomic E-state index is 8.15. The number of allylic oxidation sites excluding steroid dienone is 2. The van der Waals surface area contributed by atoms with Crippen molar-refractivity contribution in [2.75, 3.05) is 0 Å². The fourth-order valence-electron chi connectivity index (χ4n) is 6.52. The molecule has 0 N–H and O–H groups in total. The van der Waals surface area contributed by atoms with E-state index in [1.165, 1.54) is 84.8 Å². The minimum atomic E-state index is -4.64. The Bertz CT molecular complexity index is 1080. The van der Waals surface area contributed by atoms with Crippen LogP contribution in [0.25, 0.3) is 12.2 Å². The van der Waals surface area contributed by atoms with Gasteiger partial charge in [-0.1, -0.05) is 0 Å². The predicted molar refractivity (Wildman–Crippen MR) is 155 cm³/mol. The molecule has 0 aromatic heterocycles. The molecular formula is C32H42Cl2Zr. The SMILES string of the molecule is C[CH]=[Zr]([Cl])([Cl])([CH]1C(CCCCCC)=Cc2ccccc21)[CH]1C(CCCCCC)=Cc2ccccc21. The Kier molecular flexibility index (Phi) is 9.16. The quantitative estimate of drug-likeness (QED) is 0.216. The van der Waals surface area contributed by atoms with Crippen LogP contribution in [0.2, 0.25) is 0 Å². The van der Waals surface area contributed by atoms with Gasteiger partial charge in [-0.3, -0.25) is 0 Å². The fourth-order valence-corrected chi connectivity index (χ4v) is 23.9. The molecule has 0 heterocycles. The number of fused-ring (bicyclic) bond motifs is 2. The Morgan fingerprint density at radius 1 is 0.657 bits per heavy atom. The molecule has 2 atom stereocenters. The van der Waals surface area contributed by atoms with Gasteiger partial charge in [0.15, 0.2) is 0 Å². The van der Waals surface area contributed by atoms with Gasteiger partial charge in [0, 0.05) is 0 Å². The van der Waals surface area contributed by atoms with Crippen LogP contribution in [0, 0.1) is 0 Å². The van der Waals surface area contributed by atoms with Crippen LogP contribution in [-0.2, 0) is 15.9 Å². The molecule has 0 saturated heterocycles. The van der Waals surface area contributed by atoms with E-state index >= 15 is 0 Å². The summed E-state index contributed by atoms with van der Waals surface area (Å²) in [6.45, 7) is 6.72. The van der Waals surface area contributed by atoms with Crippen LogP contribution < -0.4 is 0 Å². The first-order valence-corrected chi connectivity index (χ1v) is 24.5. The molecule has 0 spiro atoms. The van der Waals surface area contributed by atoms with E-state index in [9.17, 15) is 0 Å². The van der Waals surface area contributed by atoms with Crippen LogP contribution in [0.15, 0.2) is 59.7 Å². The van der Waals surface area contributed by atoms with Crippen LogP contribution in [-0.4, -0.2) is 3.71 Å². The van der Waals surface area contributed by atoms with E-state index in [4.69, 9.17) is 17.0 Å². The Balaban J connectivity index is 1.79. The number of hydrogen-bond donors (Lipinski definition) is 0. The molecule has 2 aromatic carbocycles. The zero-order chi connectivity index (χ0) is 24.9. The van der Waals surface area contributed by atoms with Gasteiger partial charge in [0.25, 0.3) is 0 Å². The van der Waals surface area contributed by atoms with Crippen molar-refractivity contribution in [1.82, 2.24) is 0 Å². The van der Waals surface area contributed by atoms with Gasteiger partial charge in [-0.05, 0) is 0 Å². The monoisotopic (exact) mass is 586 g/mol. The summed E-state index contributed by atoms with van der Waals surface area (Å²) in [4.78, 5) is 0. The van der Waals surface area contributed by atoms with Crippen molar-refractivity contribution < 1.29 is 15.9 Å². The van der Waals surface area contributed by atoms with Gasteiger partial charge in [0.2, 0.25) is 0 Å². The van der Waals surface area contributed by atoms with E-state index in [1.807, 2.05) is 0 Å². The third-order valence-corrected chi connectivity index (χ3v) is 27.6. The normalized spacial score (nSPS) is 19.3. The standard InChI is InChI=1S/2C15H19.C2H4.2ClH.Zr/c2*1-2-3-4-5-8-13-11-14-9-6-7-10-15(14)12-13;1-2;;;/h2*6-7,9-12H,2-5,8H2,1H3;1H,2H3;2*1H;/q;;;;;+2/p-2. The molecule has 2 aliphatic rings. The number of rotatable bonds is 12. The van der Waals surface area contributed by atoms with E-state index in [0.29, 0.717) is 0 Å². The summed E-state index contributed by atoms with van der Waals surface area (Å²) in [6, 6.07) is 17.7. The first-order chi connectivity index (χ1) is 16.9. The number of hydrogen-bond acceptors (Lipinski definition) is 0. The van der Waals surface area contributed by atoms with Crippen LogP contribution in [0.5, 0.6) is 0 Å². The fraction of sp³-hybridized carbons (Fsp3) is 0.469. The molecule has 2 aromatic rings. The maximum absolute atomic E-state index is 8.15. The van der Waals surface area contributed by atoms with Gasteiger partial charge >= 0.3 is 223 Å². The van der Waals surface area contributed by atoms with Crippen molar-refractivity contribution in [2.45, 2.75) is 92.2 Å². The summed E-state index contributed by atoms with van der Waals surface area (Å²) in [5, 5.41) is 0. The van der Waals surface area contributed by atoms with Crippen molar-refractivity contribution in [3.05, 3.63) is 81.9 Å². The van der Waals surface area contributed by atoms with Crippen molar-refractivity contribution in [2.24, 2.45) is 0 Å². The molecule has 0 bridgehead atoms. The van der Waals surface area contributed by atoms with Gasteiger partial charge in [-0.25, -0.2) is 0 Å². The van der Waals surface area contributed by atoms with Gasteiger partial charge < -0.3 is 0 Å². The van der Waals surface area contributed by atoms with E-state index < -0.39 is 15.9 Å². The molecule has 3 heteroatoms. The average molecular weight is 589 g/mol. The molecule has 0 fully saturated rings. The summed E-state index contributed by atoms with van der Waals surface area (Å²) in [5.41, 5.74) is 8.33. The van der Waals surface area contributed by atoms with Crippen molar-refractivity contribution >= 4 is 32.9 Å². The molecule has 4 rings (SSSR count). The number of benzene rings is 2. The molecule has 188 valence electrons. The molecule has 35 heavy (non-hydrogen) atoms. The molecule has 0 aliphatic heterocycles. The third kappa shape index (κ3) is 5.44. The Hall–Kier alpha value is -0.747. The molecule has 0 nitrogen and oxygen atoms in total. The third-order valence-electron chi connectivity index (χ3n) is 8.33. The minimum absolute atomic E-state index is 0.151. The molecule has 2 unspecified atom stereocenters. The summed E-state index contributed by atoms with van der Waals surface area (Å²) < 4.78 is 2.62. The number of unbranched alkanes of at least 4 members (excludes halogenated alkanes) is 6. The summed E-state index contributed by atoms with van der Waals surface area (Å²) >= 11 is -4.64. The first kappa shape index (κ1) is 27.3. The summed E-state index contributed by atoms with van der Waals surface area (Å²) in [5.74, 6) is 0. The second kappa shape index (κ2) is 11.8. The van der Waals surface area contributed by atoms with Crippen LogP contribution in [0.1, 0.15) is 114 Å². The van der Waals surface area contributed by atoms with E-state index in [0.717, 1.165) is 12.8 Å². The van der Waals surface area contributed by atoms with Crippen molar-refractivity contribution in [3.63, 3.8) is 0 Å². The second-order valence-electron chi connectivity index (χ2n) is 10.7. The van der Waals surface area contributed by atoms with Crippen LogP contribution in [0.4, 0.5) is 0 Å². The number of halogens is 2. The molecule has 0 radical (unpaired) electrons. The van der Waals surface area contributed by atoms with E-state index in [2.05, 4.69) is 85.2 Å². The van der Waals surface area contributed by atoms with Crippen LogP contribution >= 0.6 is 17.0 Å². The van der Waals surface area contributed by atoms with Crippen molar-refractivity contribution in [1.29, 1.82) is 0 Å². The predicted octanol–water partition coefficient (Wildman–Crippen LogP) is 11.0. The Labute approximate surface area is 221 Å². The van der Waals surface area contributed by atoms with Gasteiger partial charge in [0.05, 0.1) is 0 Å². The van der Waals surface area contributed by atoms with Gasteiger partial charge in [-0.15, -0.1) is 0 Å². The molecule has 0 amide bonds. The summed E-state index contributed by atoms with van der Waals surface area (Å²) in [6.07, 6.45) is 17.1. The Morgan fingerprint density at radius 3 is 1.49 bits per heavy atom. The zero-order valence-electron chi connectivity index (χ0n) is 21.8. The molecule has 2 aliphatic carbocycles. The van der Waals surface area contributed by atoms with E-state index in [-0.39, 0.29) is 7.25 Å². The summed E-state index contributed by atoms with van der Waals surface area (Å²) in [7, 11) is 16.3. The zero-order valence-corrected chi connectivity index (χ0v) is 25.8. The van der Waals surface area contributed by atoms with Crippen LogP contribution in [0.3, 0.4) is 0 Å². The van der Waals surface area contributed by atoms with Gasteiger partial charge in [0.1, 0.15) is 0 Å². The second-order valence-corrected chi connectivity index (χ2v) is 32.1.